The second-order valence-electron chi connectivity index (χ2n) is 2.42. The van der Waals surface area contributed by atoms with Crippen LogP contribution in [0.4, 0.5) is 0 Å². The highest BCUT2D eigenvalue weighted by Crippen LogP contribution is 2.21. The first-order chi connectivity index (χ1) is 4.63. The molecule has 4 nitrogen and oxygen atoms in total. The summed E-state index contributed by atoms with van der Waals surface area (Å²) in [5, 5.41) is 8.45. The molecule has 0 spiro atoms. The minimum atomic E-state index is -1.09. The highest BCUT2D eigenvalue weighted by Gasteiger charge is 2.39. The van der Waals surface area contributed by atoms with Gasteiger partial charge >= 0.3 is 11.9 Å². The maximum atomic E-state index is 10.6. The van der Waals surface area contributed by atoms with Gasteiger partial charge in [0.1, 0.15) is 0 Å². The minimum absolute atomic E-state index is 0.190. The number of carboxylic acids is 1. The first kappa shape index (κ1) is 7.05. The van der Waals surface area contributed by atoms with Crippen LogP contribution in [0.25, 0.3) is 0 Å². The van der Waals surface area contributed by atoms with E-state index in [9.17, 15) is 9.59 Å². The minimum Gasteiger partial charge on any atom is -0.481 e. The smallest absolute Gasteiger partial charge is 0.320 e. The number of aliphatic carboxylic acids is 1. The van der Waals surface area contributed by atoms with E-state index in [0.717, 1.165) is 0 Å². The quantitative estimate of drug-likeness (QED) is 0.411. The van der Waals surface area contributed by atoms with Gasteiger partial charge in [0.05, 0.1) is 6.61 Å². The van der Waals surface area contributed by atoms with Gasteiger partial charge in [-0.1, -0.05) is 6.92 Å². The molecule has 10 heavy (non-hydrogen) atoms. The average molecular weight is 144 g/mol. The number of ether oxygens (including phenoxy) is 1. The van der Waals surface area contributed by atoms with Crippen molar-refractivity contribution in [3.05, 3.63) is 0 Å². The molecule has 0 unspecified atom stereocenters. The Balaban J connectivity index is 2.72. The monoisotopic (exact) mass is 144 g/mol. The molecule has 1 N–H and O–H groups in total. The second-order valence-corrected chi connectivity index (χ2v) is 2.42. The van der Waals surface area contributed by atoms with Crippen molar-refractivity contribution in [1.82, 2.24) is 0 Å². The van der Waals surface area contributed by atoms with Gasteiger partial charge in [0, 0.05) is 5.92 Å². The fourth-order valence-corrected chi connectivity index (χ4v) is 0.976. The van der Waals surface area contributed by atoms with Gasteiger partial charge in [-0.05, 0) is 0 Å². The predicted molar refractivity (Wildman–Crippen MR) is 31.2 cm³/mol. The fourth-order valence-electron chi connectivity index (χ4n) is 0.976. The highest BCUT2D eigenvalue weighted by molar-refractivity contribution is 5.95. The summed E-state index contributed by atoms with van der Waals surface area (Å²) in [5.74, 6) is -2.83. The van der Waals surface area contributed by atoms with E-state index in [-0.39, 0.29) is 12.5 Å². The number of carboxylic acid groups (broad SMARTS) is 1. The zero-order chi connectivity index (χ0) is 7.72. The van der Waals surface area contributed by atoms with Gasteiger partial charge in [-0.2, -0.15) is 0 Å². The van der Waals surface area contributed by atoms with Crippen molar-refractivity contribution < 1.29 is 19.4 Å². The van der Waals surface area contributed by atoms with Crippen LogP contribution in [-0.4, -0.2) is 23.7 Å². The van der Waals surface area contributed by atoms with Gasteiger partial charge in [-0.25, -0.2) is 0 Å². The molecule has 0 aromatic rings. The SMILES string of the molecule is C[C@@H]1COC(=O)[C@@H]1C(=O)O. The molecule has 1 fully saturated rings. The third-order valence-corrected chi connectivity index (χ3v) is 1.58. The van der Waals surface area contributed by atoms with Crippen molar-refractivity contribution in [2.24, 2.45) is 11.8 Å². The van der Waals surface area contributed by atoms with E-state index in [1.807, 2.05) is 0 Å². The fraction of sp³-hybridized carbons (Fsp3) is 0.667. The molecule has 0 aromatic heterocycles. The van der Waals surface area contributed by atoms with Crippen LogP contribution in [0.5, 0.6) is 0 Å². The lowest BCUT2D eigenvalue weighted by atomic mass is 9.98. The van der Waals surface area contributed by atoms with Gasteiger partial charge in [0.2, 0.25) is 0 Å². The summed E-state index contributed by atoms with van der Waals surface area (Å²) < 4.78 is 4.52. The van der Waals surface area contributed by atoms with Crippen LogP contribution < -0.4 is 0 Å². The van der Waals surface area contributed by atoms with Gasteiger partial charge in [-0.15, -0.1) is 0 Å². The first-order valence-corrected chi connectivity index (χ1v) is 3.02. The van der Waals surface area contributed by atoms with Crippen LogP contribution in [-0.2, 0) is 14.3 Å². The lowest BCUT2D eigenvalue weighted by Gasteiger charge is -2.01. The third-order valence-electron chi connectivity index (χ3n) is 1.58. The van der Waals surface area contributed by atoms with Crippen molar-refractivity contribution in [2.75, 3.05) is 6.61 Å². The Kier molecular flexibility index (Phi) is 1.61. The summed E-state index contributed by atoms with van der Waals surface area (Å²) in [6.45, 7) is 1.92. The van der Waals surface area contributed by atoms with Crippen LogP contribution in [0.1, 0.15) is 6.92 Å². The Hall–Kier alpha value is -1.06. The van der Waals surface area contributed by atoms with Crippen molar-refractivity contribution >= 4 is 11.9 Å². The summed E-state index contributed by atoms with van der Waals surface area (Å²) >= 11 is 0. The Morgan fingerprint density at radius 1 is 1.80 bits per heavy atom. The van der Waals surface area contributed by atoms with E-state index in [0.29, 0.717) is 0 Å². The first-order valence-electron chi connectivity index (χ1n) is 3.02. The lowest BCUT2D eigenvalue weighted by Crippen LogP contribution is -2.23. The molecule has 1 aliphatic rings. The topological polar surface area (TPSA) is 63.6 Å². The normalized spacial score (nSPS) is 31.9. The van der Waals surface area contributed by atoms with Crippen LogP contribution in [0.3, 0.4) is 0 Å². The Morgan fingerprint density at radius 3 is 2.60 bits per heavy atom. The van der Waals surface area contributed by atoms with Crippen molar-refractivity contribution in [3.63, 3.8) is 0 Å². The highest BCUT2D eigenvalue weighted by atomic mass is 16.5. The predicted octanol–water partition coefficient (Wildman–Crippen LogP) is -0.120. The van der Waals surface area contributed by atoms with E-state index >= 15 is 0 Å². The van der Waals surface area contributed by atoms with Crippen LogP contribution in [0.15, 0.2) is 0 Å². The number of carbonyl (C=O) groups is 2. The van der Waals surface area contributed by atoms with E-state index < -0.39 is 17.9 Å². The summed E-state index contributed by atoms with van der Waals surface area (Å²) in [6, 6.07) is 0. The number of carbonyl (C=O) groups excluding carboxylic acids is 1. The summed E-state index contributed by atoms with van der Waals surface area (Å²) in [5.41, 5.74) is 0. The molecule has 0 saturated carbocycles. The summed E-state index contributed by atoms with van der Waals surface area (Å²) in [7, 11) is 0. The Labute approximate surface area is 57.8 Å². The molecule has 0 radical (unpaired) electrons. The number of hydrogen-bond donors (Lipinski definition) is 1. The molecule has 0 bridgehead atoms. The lowest BCUT2D eigenvalue weighted by molar-refractivity contribution is -0.152. The molecule has 1 aliphatic heterocycles. The molecule has 1 heterocycles. The molecular weight excluding hydrogens is 136 g/mol. The standard InChI is InChI=1S/C6H8O4/c1-3-2-10-6(9)4(3)5(7)8/h3-4H,2H2,1H3,(H,7,8)/t3-,4+/m1/s1. The summed E-state index contributed by atoms with van der Waals surface area (Å²) in [4.78, 5) is 20.9. The molecule has 4 heteroatoms. The van der Waals surface area contributed by atoms with Crippen molar-refractivity contribution in [2.45, 2.75) is 6.92 Å². The number of rotatable bonds is 1. The van der Waals surface area contributed by atoms with Crippen molar-refractivity contribution in [1.29, 1.82) is 0 Å². The van der Waals surface area contributed by atoms with Gasteiger partial charge in [0.15, 0.2) is 5.92 Å². The van der Waals surface area contributed by atoms with E-state index in [1.54, 1.807) is 6.92 Å². The summed E-state index contributed by atoms with van der Waals surface area (Å²) in [6.07, 6.45) is 0. The van der Waals surface area contributed by atoms with Crippen LogP contribution >= 0.6 is 0 Å². The zero-order valence-corrected chi connectivity index (χ0v) is 5.53. The van der Waals surface area contributed by atoms with Crippen LogP contribution in [0, 0.1) is 11.8 Å². The van der Waals surface area contributed by atoms with Gasteiger partial charge in [0.25, 0.3) is 0 Å². The van der Waals surface area contributed by atoms with Crippen molar-refractivity contribution in [3.8, 4) is 0 Å². The number of hydrogen-bond acceptors (Lipinski definition) is 3. The average Bonchev–Trinajstić information content (AvgIpc) is 2.11. The maximum absolute atomic E-state index is 10.6. The Bertz CT molecular complexity index is 175. The third kappa shape index (κ3) is 0.964. The molecule has 56 valence electrons. The van der Waals surface area contributed by atoms with Gasteiger partial charge in [-0.3, -0.25) is 9.59 Å². The number of cyclic esters (lactones) is 1. The molecular formula is C6H8O4. The maximum Gasteiger partial charge on any atom is 0.320 e. The Morgan fingerprint density at radius 2 is 2.40 bits per heavy atom. The van der Waals surface area contributed by atoms with E-state index in [4.69, 9.17) is 5.11 Å². The van der Waals surface area contributed by atoms with Crippen LogP contribution in [0.2, 0.25) is 0 Å². The zero-order valence-electron chi connectivity index (χ0n) is 5.53. The molecule has 0 aliphatic carbocycles. The van der Waals surface area contributed by atoms with E-state index in [1.165, 1.54) is 0 Å². The molecule has 1 rings (SSSR count). The van der Waals surface area contributed by atoms with Gasteiger partial charge < -0.3 is 9.84 Å². The second kappa shape index (κ2) is 2.28. The number of esters is 1. The molecule has 0 aromatic carbocycles. The molecule has 1 saturated heterocycles. The largest absolute Gasteiger partial charge is 0.481 e. The van der Waals surface area contributed by atoms with E-state index in [2.05, 4.69) is 4.74 Å². The molecule has 2 atom stereocenters. The molecule has 0 amide bonds.